The van der Waals surface area contributed by atoms with Crippen molar-refractivity contribution in [2.45, 2.75) is 45.1 Å². The summed E-state index contributed by atoms with van der Waals surface area (Å²) in [7, 11) is 0. The highest BCUT2D eigenvalue weighted by atomic mass is 32.1. The van der Waals surface area contributed by atoms with Gasteiger partial charge in [0, 0.05) is 14.6 Å². The van der Waals surface area contributed by atoms with Crippen LogP contribution in [0.3, 0.4) is 0 Å². The number of aryl methyl sites for hydroxylation is 3. The van der Waals surface area contributed by atoms with Gasteiger partial charge in [-0.15, -0.1) is 22.7 Å². The van der Waals surface area contributed by atoms with Gasteiger partial charge in [0.1, 0.15) is 0 Å². The molecule has 0 fully saturated rings. The highest BCUT2D eigenvalue weighted by Crippen LogP contribution is 2.35. The average Bonchev–Trinajstić information content (AvgIpc) is 2.93. The molecule has 1 aliphatic carbocycles. The first-order valence-corrected chi connectivity index (χ1v) is 8.60. The molecule has 0 radical (unpaired) electrons. The molecule has 2 heterocycles. The van der Waals surface area contributed by atoms with Gasteiger partial charge >= 0.3 is 0 Å². The van der Waals surface area contributed by atoms with Crippen molar-refractivity contribution in [2.24, 2.45) is 5.84 Å². The van der Waals surface area contributed by atoms with Crippen LogP contribution in [-0.2, 0) is 12.8 Å². The van der Waals surface area contributed by atoms with E-state index >= 15 is 0 Å². The Morgan fingerprint density at radius 1 is 1.21 bits per heavy atom. The van der Waals surface area contributed by atoms with E-state index in [1.165, 1.54) is 47.4 Å². The van der Waals surface area contributed by atoms with E-state index in [-0.39, 0.29) is 6.04 Å². The predicted molar refractivity (Wildman–Crippen MR) is 83.8 cm³/mol. The number of nitrogens with two attached hydrogens (primary N) is 1. The molecule has 0 spiro atoms. The number of hydrazine groups is 1. The van der Waals surface area contributed by atoms with E-state index < -0.39 is 0 Å². The number of hydrogen-bond donors (Lipinski definition) is 2. The Morgan fingerprint density at radius 3 is 2.79 bits per heavy atom. The first kappa shape index (κ1) is 13.3. The molecule has 0 saturated carbocycles. The number of rotatable bonds is 3. The number of thiophene rings is 2. The van der Waals surface area contributed by atoms with Crippen LogP contribution in [0, 0.1) is 6.92 Å². The molecule has 2 aromatic rings. The molecule has 1 atom stereocenters. The maximum atomic E-state index is 5.80. The predicted octanol–water partition coefficient (Wildman–Crippen LogP) is 3.94. The summed E-state index contributed by atoms with van der Waals surface area (Å²) in [4.78, 5) is 4.29. The maximum absolute atomic E-state index is 5.80. The first-order valence-electron chi connectivity index (χ1n) is 6.90. The van der Waals surface area contributed by atoms with Gasteiger partial charge in [-0.05, 0) is 61.2 Å². The lowest BCUT2D eigenvalue weighted by Gasteiger charge is -2.12. The highest BCUT2D eigenvalue weighted by Gasteiger charge is 2.19. The second kappa shape index (κ2) is 5.75. The number of hydrogen-bond acceptors (Lipinski definition) is 4. The van der Waals surface area contributed by atoms with Gasteiger partial charge < -0.3 is 0 Å². The molecule has 0 saturated heterocycles. The summed E-state index contributed by atoms with van der Waals surface area (Å²) in [6, 6.07) is 4.77. The molecule has 19 heavy (non-hydrogen) atoms. The van der Waals surface area contributed by atoms with Gasteiger partial charge in [-0.3, -0.25) is 5.84 Å². The van der Waals surface area contributed by atoms with Crippen LogP contribution in [-0.4, -0.2) is 0 Å². The normalized spacial score (nSPS) is 16.9. The van der Waals surface area contributed by atoms with Crippen molar-refractivity contribution in [1.29, 1.82) is 0 Å². The summed E-state index contributed by atoms with van der Waals surface area (Å²) in [5.74, 6) is 5.80. The van der Waals surface area contributed by atoms with Crippen molar-refractivity contribution in [3.63, 3.8) is 0 Å². The summed E-state index contributed by atoms with van der Waals surface area (Å²) in [5, 5.41) is 2.21. The summed E-state index contributed by atoms with van der Waals surface area (Å²) < 4.78 is 0. The standard InChI is InChI=1S/C15H20N2S2/c1-10-7-12(9-18-10)15(17-16)14-8-11-5-3-2-4-6-13(11)19-14/h7-9,15,17H,2-6,16H2,1H3. The van der Waals surface area contributed by atoms with Crippen molar-refractivity contribution < 1.29 is 0 Å². The third-order valence-corrected chi connectivity index (χ3v) is 5.98. The molecule has 1 unspecified atom stereocenters. The second-order valence-electron chi connectivity index (χ2n) is 5.25. The minimum atomic E-state index is 0.155. The topological polar surface area (TPSA) is 38.0 Å². The van der Waals surface area contributed by atoms with E-state index in [2.05, 4.69) is 29.9 Å². The van der Waals surface area contributed by atoms with Crippen LogP contribution >= 0.6 is 22.7 Å². The quantitative estimate of drug-likeness (QED) is 0.511. The molecule has 0 bridgehead atoms. The summed E-state index contributed by atoms with van der Waals surface area (Å²) in [5.41, 5.74) is 5.84. The molecule has 102 valence electrons. The minimum absolute atomic E-state index is 0.155. The fraction of sp³-hybridized carbons (Fsp3) is 0.467. The van der Waals surface area contributed by atoms with Crippen LogP contribution in [0.5, 0.6) is 0 Å². The molecule has 3 rings (SSSR count). The molecular formula is C15H20N2S2. The van der Waals surface area contributed by atoms with Gasteiger partial charge in [0.2, 0.25) is 0 Å². The minimum Gasteiger partial charge on any atom is -0.271 e. The zero-order valence-corrected chi connectivity index (χ0v) is 12.9. The van der Waals surface area contributed by atoms with Crippen molar-refractivity contribution in [2.75, 3.05) is 0 Å². The van der Waals surface area contributed by atoms with Gasteiger partial charge in [0.05, 0.1) is 6.04 Å². The summed E-state index contributed by atoms with van der Waals surface area (Å²) in [6.07, 6.45) is 6.54. The average molecular weight is 292 g/mol. The lowest BCUT2D eigenvalue weighted by atomic mass is 10.1. The lowest BCUT2D eigenvalue weighted by Crippen LogP contribution is -2.27. The van der Waals surface area contributed by atoms with Crippen LogP contribution in [0.2, 0.25) is 0 Å². The Hall–Kier alpha value is -0.680. The summed E-state index contributed by atoms with van der Waals surface area (Å²) in [6.45, 7) is 2.14. The zero-order chi connectivity index (χ0) is 13.2. The Bertz CT molecular complexity index is 533. The van der Waals surface area contributed by atoms with Gasteiger partial charge in [0.15, 0.2) is 0 Å². The largest absolute Gasteiger partial charge is 0.271 e. The zero-order valence-electron chi connectivity index (χ0n) is 11.2. The first-order chi connectivity index (χ1) is 9.28. The SMILES string of the molecule is Cc1cc(C(NN)c2cc3c(s2)CCCCC3)cs1. The van der Waals surface area contributed by atoms with Crippen LogP contribution in [0.1, 0.15) is 51.1 Å². The molecule has 3 N–H and O–H groups in total. The fourth-order valence-corrected chi connectivity index (χ4v) is 4.87. The van der Waals surface area contributed by atoms with E-state index in [0.29, 0.717) is 0 Å². The van der Waals surface area contributed by atoms with Crippen LogP contribution in [0.15, 0.2) is 17.5 Å². The number of nitrogens with one attached hydrogen (secondary N) is 1. The summed E-state index contributed by atoms with van der Waals surface area (Å²) >= 11 is 3.74. The molecule has 1 aliphatic rings. The van der Waals surface area contributed by atoms with E-state index in [9.17, 15) is 0 Å². The van der Waals surface area contributed by atoms with Gasteiger partial charge in [-0.1, -0.05) is 6.42 Å². The van der Waals surface area contributed by atoms with E-state index in [1.54, 1.807) is 21.8 Å². The monoisotopic (exact) mass is 292 g/mol. The van der Waals surface area contributed by atoms with Crippen molar-refractivity contribution in [3.8, 4) is 0 Å². The Morgan fingerprint density at radius 2 is 2.05 bits per heavy atom. The number of fused-ring (bicyclic) bond motifs is 1. The Balaban J connectivity index is 1.91. The smallest absolute Gasteiger partial charge is 0.0810 e. The van der Waals surface area contributed by atoms with Crippen molar-refractivity contribution in [1.82, 2.24) is 5.43 Å². The molecule has 2 aromatic heterocycles. The van der Waals surface area contributed by atoms with Crippen molar-refractivity contribution >= 4 is 22.7 Å². The molecule has 0 aliphatic heterocycles. The highest BCUT2D eigenvalue weighted by molar-refractivity contribution is 7.12. The van der Waals surface area contributed by atoms with E-state index in [4.69, 9.17) is 5.84 Å². The van der Waals surface area contributed by atoms with Gasteiger partial charge in [-0.25, -0.2) is 5.43 Å². The van der Waals surface area contributed by atoms with E-state index in [1.807, 2.05) is 11.3 Å². The van der Waals surface area contributed by atoms with Crippen LogP contribution < -0.4 is 11.3 Å². The molecule has 0 aromatic carbocycles. The maximum Gasteiger partial charge on any atom is 0.0810 e. The molecular weight excluding hydrogens is 272 g/mol. The van der Waals surface area contributed by atoms with Crippen LogP contribution in [0.25, 0.3) is 0 Å². The molecule has 4 heteroatoms. The fourth-order valence-electron chi connectivity index (χ4n) is 2.79. The van der Waals surface area contributed by atoms with Crippen molar-refractivity contribution in [3.05, 3.63) is 43.3 Å². The third-order valence-electron chi connectivity index (χ3n) is 3.80. The molecule has 0 amide bonds. The van der Waals surface area contributed by atoms with Gasteiger partial charge in [0.25, 0.3) is 0 Å². The van der Waals surface area contributed by atoms with E-state index in [0.717, 1.165) is 0 Å². The molecule has 2 nitrogen and oxygen atoms in total. The Labute approximate surface area is 122 Å². The Kier molecular flexibility index (Phi) is 4.03. The lowest BCUT2D eigenvalue weighted by molar-refractivity contribution is 0.647. The van der Waals surface area contributed by atoms with Crippen LogP contribution in [0.4, 0.5) is 0 Å². The third kappa shape index (κ3) is 2.77. The van der Waals surface area contributed by atoms with Gasteiger partial charge in [-0.2, -0.15) is 0 Å². The second-order valence-corrected chi connectivity index (χ2v) is 7.53.